The molecule has 7 nitrogen and oxygen atoms in total. The van der Waals surface area contributed by atoms with Gasteiger partial charge in [-0.05, 0) is 55.0 Å². The van der Waals surface area contributed by atoms with Gasteiger partial charge in [0, 0.05) is 28.2 Å². The molecule has 8 heteroatoms. The van der Waals surface area contributed by atoms with Gasteiger partial charge in [-0.3, -0.25) is 14.3 Å². The molecule has 0 aromatic heterocycles. The third-order valence-corrected chi connectivity index (χ3v) is 4.81. The van der Waals surface area contributed by atoms with Crippen LogP contribution in [0.2, 0.25) is 0 Å². The van der Waals surface area contributed by atoms with Crippen molar-refractivity contribution in [2.24, 2.45) is 0 Å². The van der Waals surface area contributed by atoms with Crippen LogP contribution in [0.25, 0.3) is 0 Å². The smallest absolute Gasteiger partial charge is 0.255 e. The molecule has 3 aromatic rings. The van der Waals surface area contributed by atoms with Crippen molar-refractivity contribution in [3.8, 4) is 0 Å². The van der Waals surface area contributed by atoms with Gasteiger partial charge in [0.15, 0.2) is 0 Å². The van der Waals surface area contributed by atoms with Crippen molar-refractivity contribution in [2.75, 3.05) is 21.6 Å². The van der Waals surface area contributed by atoms with E-state index in [0.29, 0.717) is 28.2 Å². The van der Waals surface area contributed by atoms with Crippen molar-refractivity contribution >= 4 is 38.9 Å². The Labute approximate surface area is 175 Å². The first-order valence-corrected chi connectivity index (χ1v) is 11.0. The van der Waals surface area contributed by atoms with Crippen LogP contribution in [0.15, 0.2) is 72.8 Å². The molecule has 0 aliphatic carbocycles. The van der Waals surface area contributed by atoms with E-state index in [1.165, 1.54) is 6.07 Å². The second-order valence-corrected chi connectivity index (χ2v) is 8.51. The first-order chi connectivity index (χ1) is 14.2. The SMILES string of the molecule is Cc1ccc(NC(=O)c2ccccc2)cc1NC(=O)c1cccc(NS(C)(=O)=O)c1. The minimum Gasteiger partial charge on any atom is -0.322 e. The first-order valence-electron chi connectivity index (χ1n) is 9.07. The summed E-state index contributed by atoms with van der Waals surface area (Å²) >= 11 is 0. The van der Waals surface area contributed by atoms with Crippen LogP contribution >= 0.6 is 0 Å². The molecule has 0 bridgehead atoms. The molecule has 0 atom stereocenters. The average molecular weight is 423 g/mol. The van der Waals surface area contributed by atoms with Crippen LogP contribution in [0, 0.1) is 6.92 Å². The van der Waals surface area contributed by atoms with E-state index in [1.807, 2.05) is 13.0 Å². The number of hydrogen-bond acceptors (Lipinski definition) is 4. The van der Waals surface area contributed by atoms with E-state index in [0.717, 1.165) is 11.8 Å². The number of hydrogen-bond donors (Lipinski definition) is 3. The van der Waals surface area contributed by atoms with Crippen LogP contribution in [0.4, 0.5) is 17.1 Å². The average Bonchev–Trinajstić information content (AvgIpc) is 2.70. The van der Waals surface area contributed by atoms with Gasteiger partial charge in [-0.1, -0.05) is 30.3 Å². The molecule has 2 amide bonds. The van der Waals surface area contributed by atoms with Gasteiger partial charge in [0.1, 0.15) is 0 Å². The van der Waals surface area contributed by atoms with Gasteiger partial charge in [-0.2, -0.15) is 0 Å². The molecule has 0 saturated heterocycles. The molecule has 0 spiro atoms. The highest BCUT2D eigenvalue weighted by Crippen LogP contribution is 2.22. The maximum atomic E-state index is 12.7. The van der Waals surface area contributed by atoms with Gasteiger partial charge in [0.2, 0.25) is 10.0 Å². The summed E-state index contributed by atoms with van der Waals surface area (Å²) < 4.78 is 25.1. The van der Waals surface area contributed by atoms with Crippen LogP contribution in [-0.2, 0) is 10.0 Å². The molecule has 154 valence electrons. The topological polar surface area (TPSA) is 104 Å². The lowest BCUT2D eigenvalue weighted by atomic mass is 10.1. The predicted octanol–water partition coefficient (Wildman–Crippen LogP) is 3.87. The third-order valence-electron chi connectivity index (χ3n) is 4.21. The Bertz CT molecular complexity index is 1190. The Kier molecular flexibility index (Phi) is 6.17. The number of benzene rings is 3. The first kappa shape index (κ1) is 21.1. The standard InChI is InChI=1S/C22H21N3O4S/c1-15-11-12-18(23-21(26)16-7-4-3-5-8-16)14-20(15)24-22(27)17-9-6-10-19(13-17)25-30(2,28)29/h3-14,25H,1-2H3,(H,23,26)(H,24,27). The monoisotopic (exact) mass is 423 g/mol. The van der Waals surface area contributed by atoms with Crippen molar-refractivity contribution in [1.29, 1.82) is 0 Å². The summed E-state index contributed by atoms with van der Waals surface area (Å²) in [5.74, 6) is -0.655. The highest BCUT2D eigenvalue weighted by Gasteiger charge is 2.12. The summed E-state index contributed by atoms with van der Waals surface area (Å²) in [6.45, 7) is 1.83. The van der Waals surface area contributed by atoms with E-state index < -0.39 is 15.9 Å². The van der Waals surface area contributed by atoms with Crippen LogP contribution in [0.5, 0.6) is 0 Å². The molecular weight excluding hydrogens is 402 g/mol. The molecule has 0 heterocycles. The van der Waals surface area contributed by atoms with Gasteiger partial charge in [0.25, 0.3) is 11.8 Å². The summed E-state index contributed by atoms with van der Waals surface area (Å²) in [4.78, 5) is 25.0. The van der Waals surface area contributed by atoms with Crippen molar-refractivity contribution in [1.82, 2.24) is 0 Å². The summed E-state index contributed by atoms with van der Waals surface area (Å²) in [5, 5.41) is 5.61. The Balaban J connectivity index is 1.76. The predicted molar refractivity (Wildman–Crippen MR) is 118 cm³/mol. The maximum Gasteiger partial charge on any atom is 0.255 e. The number of amides is 2. The van der Waals surface area contributed by atoms with Crippen LogP contribution < -0.4 is 15.4 Å². The lowest BCUT2D eigenvalue weighted by molar-refractivity contribution is 0.101. The van der Waals surface area contributed by atoms with Gasteiger partial charge >= 0.3 is 0 Å². The second kappa shape index (κ2) is 8.79. The zero-order chi connectivity index (χ0) is 21.7. The van der Waals surface area contributed by atoms with Gasteiger partial charge in [0.05, 0.1) is 6.26 Å². The molecule has 3 N–H and O–H groups in total. The van der Waals surface area contributed by atoms with Crippen molar-refractivity contribution in [2.45, 2.75) is 6.92 Å². The Morgan fingerprint density at radius 1 is 0.733 bits per heavy atom. The van der Waals surface area contributed by atoms with Gasteiger partial charge < -0.3 is 10.6 Å². The van der Waals surface area contributed by atoms with E-state index in [-0.39, 0.29) is 5.91 Å². The van der Waals surface area contributed by atoms with Crippen LogP contribution in [-0.4, -0.2) is 26.5 Å². The fraction of sp³-hybridized carbons (Fsp3) is 0.0909. The minimum atomic E-state index is -3.45. The number of anilines is 3. The summed E-state index contributed by atoms with van der Waals surface area (Å²) in [6, 6.07) is 20.2. The molecule has 0 aliphatic heterocycles. The zero-order valence-electron chi connectivity index (χ0n) is 16.5. The molecule has 0 aliphatic rings. The summed E-state index contributed by atoms with van der Waals surface area (Å²) in [6.07, 6.45) is 1.04. The molecular formula is C22H21N3O4S. The van der Waals surface area contributed by atoms with E-state index >= 15 is 0 Å². The second-order valence-electron chi connectivity index (χ2n) is 6.76. The van der Waals surface area contributed by atoms with Gasteiger partial charge in [-0.15, -0.1) is 0 Å². The third kappa shape index (κ3) is 5.68. The highest BCUT2D eigenvalue weighted by molar-refractivity contribution is 7.92. The Hall–Kier alpha value is -3.65. The maximum absolute atomic E-state index is 12.7. The minimum absolute atomic E-state index is 0.253. The molecule has 3 aromatic carbocycles. The molecule has 0 fully saturated rings. The van der Waals surface area contributed by atoms with E-state index in [9.17, 15) is 18.0 Å². The van der Waals surface area contributed by atoms with Crippen molar-refractivity contribution in [3.05, 3.63) is 89.5 Å². The number of aryl methyl sites for hydroxylation is 1. The Morgan fingerprint density at radius 2 is 1.40 bits per heavy atom. The number of carbonyl (C=O) groups is 2. The van der Waals surface area contributed by atoms with E-state index in [2.05, 4.69) is 15.4 Å². The molecule has 0 saturated carbocycles. The molecule has 3 rings (SSSR count). The molecule has 0 radical (unpaired) electrons. The van der Waals surface area contributed by atoms with Gasteiger partial charge in [-0.25, -0.2) is 8.42 Å². The zero-order valence-corrected chi connectivity index (χ0v) is 17.3. The highest BCUT2D eigenvalue weighted by atomic mass is 32.2. The molecule has 30 heavy (non-hydrogen) atoms. The summed E-state index contributed by atoms with van der Waals surface area (Å²) in [5.41, 5.74) is 3.00. The lowest BCUT2D eigenvalue weighted by Crippen LogP contribution is -2.15. The molecule has 0 unspecified atom stereocenters. The van der Waals surface area contributed by atoms with E-state index in [1.54, 1.807) is 60.7 Å². The van der Waals surface area contributed by atoms with Crippen molar-refractivity contribution < 1.29 is 18.0 Å². The number of nitrogens with one attached hydrogen (secondary N) is 3. The lowest BCUT2D eigenvalue weighted by Gasteiger charge is -2.12. The van der Waals surface area contributed by atoms with E-state index in [4.69, 9.17) is 0 Å². The number of rotatable bonds is 6. The Morgan fingerprint density at radius 3 is 2.10 bits per heavy atom. The fourth-order valence-corrected chi connectivity index (χ4v) is 3.31. The largest absolute Gasteiger partial charge is 0.322 e. The number of sulfonamides is 1. The normalized spacial score (nSPS) is 10.9. The quantitative estimate of drug-likeness (QED) is 0.560. The van der Waals surface area contributed by atoms with Crippen LogP contribution in [0.1, 0.15) is 26.3 Å². The fourth-order valence-electron chi connectivity index (χ4n) is 2.76. The number of carbonyl (C=O) groups excluding carboxylic acids is 2. The van der Waals surface area contributed by atoms with Crippen molar-refractivity contribution in [3.63, 3.8) is 0 Å². The van der Waals surface area contributed by atoms with Crippen LogP contribution in [0.3, 0.4) is 0 Å². The summed E-state index contributed by atoms with van der Waals surface area (Å²) in [7, 11) is -3.45.